The van der Waals surface area contributed by atoms with Gasteiger partial charge in [0.25, 0.3) is 0 Å². The van der Waals surface area contributed by atoms with E-state index in [9.17, 15) is 4.79 Å². The summed E-state index contributed by atoms with van der Waals surface area (Å²) in [5.41, 5.74) is 1.93. The number of benzene rings is 1. The highest BCUT2D eigenvalue weighted by atomic mass is 16.2. The molecule has 0 spiro atoms. The molecule has 0 saturated carbocycles. The Morgan fingerprint density at radius 2 is 2.05 bits per heavy atom. The average Bonchev–Trinajstić information content (AvgIpc) is 3.09. The zero-order valence-corrected chi connectivity index (χ0v) is 11.2. The number of carbonyl (C=O) groups is 1. The Morgan fingerprint density at radius 3 is 2.76 bits per heavy atom. The molecule has 0 atom stereocenters. The number of H-pyrrole nitrogens is 1. The first kappa shape index (κ1) is 12.9. The normalized spacial score (nSPS) is 10.3. The van der Waals surface area contributed by atoms with E-state index >= 15 is 0 Å². The summed E-state index contributed by atoms with van der Waals surface area (Å²) in [5.74, 6) is 0.722. The van der Waals surface area contributed by atoms with Crippen molar-refractivity contribution in [3.8, 4) is 11.3 Å². The van der Waals surface area contributed by atoms with Gasteiger partial charge in [0, 0.05) is 13.1 Å². The summed E-state index contributed by atoms with van der Waals surface area (Å²) in [4.78, 5) is 15.6. The topological polar surface area (TPSA) is 101 Å². The molecule has 0 radical (unpaired) electrons. The molecule has 8 nitrogen and oxygen atoms in total. The minimum absolute atomic E-state index is 0.270. The SMILES string of the molecule is Cn1nc(NC(=O)Nc2ncn[nH]2)cc1-c1ccccc1. The van der Waals surface area contributed by atoms with E-state index in [-0.39, 0.29) is 5.95 Å². The van der Waals surface area contributed by atoms with E-state index in [4.69, 9.17) is 0 Å². The first-order valence-electron chi connectivity index (χ1n) is 6.25. The van der Waals surface area contributed by atoms with Crippen LogP contribution in [-0.2, 0) is 7.05 Å². The number of amides is 2. The van der Waals surface area contributed by atoms with Crippen molar-refractivity contribution >= 4 is 17.8 Å². The van der Waals surface area contributed by atoms with Crippen molar-refractivity contribution in [2.45, 2.75) is 0 Å². The molecule has 2 amide bonds. The standard InChI is InChI=1S/C13H13N7O/c1-20-10(9-5-3-2-4-6-9)7-11(19-20)16-13(21)17-12-14-8-15-18-12/h2-8H,1H3,(H3,14,15,16,17,18,19,21). The maximum atomic E-state index is 11.8. The first-order valence-corrected chi connectivity index (χ1v) is 6.25. The molecule has 0 fully saturated rings. The van der Waals surface area contributed by atoms with Crippen molar-refractivity contribution in [3.63, 3.8) is 0 Å². The van der Waals surface area contributed by atoms with Crippen molar-refractivity contribution in [2.75, 3.05) is 10.6 Å². The Kier molecular flexibility index (Phi) is 3.34. The number of hydrogen-bond donors (Lipinski definition) is 3. The summed E-state index contributed by atoms with van der Waals surface area (Å²) >= 11 is 0. The van der Waals surface area contributed by atoms with Gasteiger partial charge in [-0.05, 0) is 5.56 Å². The number of anilines is 2. The minimum Gasteiger partial charge on any atom is -0.290 e. The second-order valence-corrected chi connectivity index (χ2v) is 4.32. The maximum Gasteiger partial charge on any atom is 0.327 e. The summed E-state index contributed by atoms with van der Waals surface area (Å²) in [6.07, 6.45) is 1.31. The second-order valence-electron chi connectivity index (χ2n) is 4.32. The van der Waals surface area contributed by atoms with Gasteiger partial charge in [-0.25, -0.2) is 9.89 Å². The van der Waals surface area contributed by atoms with Crippen LogP contribution in [0, 0.1) is 0 Å². The van der Waals surface area contributed by atoms with Gasteiger partial charge in [0.1, 0.15) is 6.33 Å². The minimum atomic E-state index is -0.440. The molecule has 0 aliphatic heterocycles. The van der Waals surface area contributed by atoms with E-state index in [1.54, 1.807) is 10.7 Å². The van der Waals surface area contributed by atoms with Crippen LogP contribution in [0.1, 0.15) is 0 Å². The quantitative estimate of drug-likeness (QED) is 0.682. The average molecular weight is 283 g/mol. The number of rotatable bonds is 3. The van der Waals surface area contributed by atoms with Gasteiger partial charge in [0.15, 0.2) is 5.82 Å². The molecule has 2 aromatic heterocycles. The molecule has 3 N–H and O–H groups in total. The summed E-state index contributed by atoms with van der Waals surface area (Å²) < 4.78 is 1.71. The highest BCUT2D eigenvalue weighted by Crippen LogP contribution is 2.21. The smallest absolute Gasteiger partial charge is 0.290 e. The molecule has 8 heteroatoms. The number of carbonyl (C=O) groups excluding carboxylic acids is 1. The monoisotopic (exact) mass is 283 g/mol. The second kappa shape index (κ2) is 5.45. The number of hydrogen-bond acceptors (Lipinski definition) is 4. The third-order valence-corrected chi connectivity index (χ3v) is 2.84. The Morgan fingerprint density at radius 1 is 1.24 bits per heavy atom. The van der Waals surface area contributed by atoms with Crippen molar-refractivity contribution in [1.29, 1.82) is 0 Å². The number of nitrogens with zero attached hydrogens (tertiary/aromatic N) is 4. The van der Waals surface area contributed by atoms with Crippen LogP contribution >= 0.6 is 0 Å². The molecule has 0 saturated heterocycles. The number of aromatic nitrogens is 5. The molecule has 1 aromatic carbocycles. The van der Waals surface area contributed by atoms with Crippen LogP contribution in [0.15, 0.2) is 42.7 Å². The fourth-order valence-electron chi connectivity index (χ4n) is 1.93. The highest BCUT2D eigenvalue weighted by Gasteiger charge is 2.10. The molecule has 21 heavy (non-hydrogen) atoms. The Balaban J connectivity index is 1.74. The summed E-state index contributed by atoms with van der Waals surface area (Å²) in [6.45, 7) is 0. The van der Waals surface area contributed by atoms with E-state index < -0.39 is 6.03 Å². The van der Waals surface area contributed by atoms with Gasteiger partial charge in [0.05, 0.1) is 5.69 Å². The van der Waals surface area contributed by atoms with E-state index in [1.807, 2.05) is 37.4 Å². The van der Waals surface area contributed by atoms with Crippen LogP contribution in [-0.4, -0.2) is 31.0 Å². The van der Waals surface area contributed by atoms with E-state index in [0.29, 0.717) is 5.82 Å². The molecule has 106 valence electrons. The van der Waals surface area contributed by atoms with Crippen molar-refractivity contribution in [2.24, 2.45) is 7.05 Å². The summed E-state index contributed by atoms with van der Waals surface area (Å²) in [7, 11) is 1.82. The van der Waals surface area contributed by atoms with Crippen LogP contribution in [0.3, 0.4) is 0 Å². The Bertz CT molecular complexity index is 733. The molecule has 3 aromatic rings. The van der Waals surface area contributed by atoms with Crippen LogP contribution in [0.4, 0.5) is 16.6 Å². The van der Waals surface area contributed by atoms with Crippen LogP contribution in [0.2, 0.25) is 0 Å². The third-order valence-electron chi connectivity index (χ3n) is 2.84. The predicted molar refractivity (Wildman–Crippen MR) is 77.7 cm³/mol. The molecule has 3 rings (SSSR count). The van der Waals surface area contributed by atoms with Gasteiger partial charge in [-0.15, -0.1) is 0 Å². The number of nitrogens with one attached hydrogen (secondary N) is 3. The lowest BCUT2D eigenvalue weighted by molar-refractivity contribution is 0.262. The third kappa shape index (κ3) is 2.89. The van der Waals surface area contributed by atoms with Crippen molar-refractivity contribution in [3.05, 3.63) is 42.7 Å². The lowest BCUT2D eigenvalue weighted by Gasteiger charge is -2.00. The van der Waals surface area contributed by atoms with Gasteiger partial charge < -0.3 is 0 Å². The van der Waals surface area contributed by atoms with Crippen LogP contribution < -0.4 is 10.6 Å². The lowest BCUT2D eigenvalue weighted by atomic mass is 10.1. The number of aromatic amines is 1. The fourth-order valence-corrected chi connectivity index (χ4v) is 1.93. The highest BCUT2D eigenvalue weighted by molar-refractivity contribution is 5.98. The van der Waals surface area contributed by atoms with Crippen LogP contribution in [0.5, 0.6) is 0 Å². The zero-order valence-electron chi connectivity index (χ0n) is 11.2. The molecule has 0 unspecified atom stereocenters. The fraction of sp³-hybridized carbons (Fsp3) is 0.0769. The van der Waals surface area contributed by atoms with Gasteiger partial charge in [-0.2, -0.15) is 15.2 Å². The van der Waals surface area contributed by atoms with Crippen LogP contribution in [0.25, 0.3) is 11.3 Å². The van der Waals surface area contributed by atoms with Gasteiger partial charge >= 0.3 is 6.03 Å². The van der Waals surface area contributed by atoms with Crippen molar-refractivity contribution in [1.82, 2.24) is 25.0 Å². The molecule has 0 aliphatic carbocycles. The molecular weight excluding hydrogens is 270 g/mol. The van der Waals surface area contributed by atoms with E-state index in [2.05, 4.69) is 30.9 Å². The van der Waals surface area contributed by atoms with E-state index in [1.165, 1.54) is 6.33 Å². The first-order chi connectivity index (χ1) is 10.2. The molecule has 2 heterocycles. The largest absolute Gasteiger partial charge is 0.327 e. The summed E-state index contributed by atoms with van der Waals surface area (Å²) in [5, 5.41) is 15.6. The van der Waals surface area contributed by atoms with Gasteiger partial charge in [-0.3, -0.25) is 15.3 Å². The number of aryl methyl sites for hydroxylation is 1. The van der Waals surface area contributed by atoms with Gasteiger partial charge in [0.2, 0.25) is 5.95 Å². The van der Waals surface area contributed by atoms with E-state index in [0.717, 1.165) is 11.3 Å². The Hall–Kier alpha value is -3.16. The Labute approximate surface area is 120 Å². The molecule has 0 bridgehead atoms. The maximum absolute atomic E-state index is 11.8. The number of urea groups is 1. The zero-order chi connectivity index (χ0) is 14.7. The summed E-state index contributed by atoms with van der Waals surface area (Å²) in [6, 6.07) is 11.2. The molecule has 0 aliphatic rings. The molecular formula is C13H13N7O. The van der Waals surface area contributed by atoms with Crippen molar-refractivity contribution < 1.29 is 4.79 Å². The van der Waals surface area contributed by atoms with Gasteiger partial charge in [-0.1, -0.05) is 30.3 Å². The lowest BCUT2D eigenvalue weighted by Crippen LogP contribution is -2.20. The predicted octanol–water partition coefficient (Wildman–Crippen LogP) is 1.85.